The highest BCUT2D eigenvalue weighted by atomic mass is 19.1. The molecule has 0 saturated carbocycles. The molecule has 0 aliphatic heterocycles. The lowest BCUT2D eigenvalue weighted by Gasteiger charge is -2.23. The Balaban J connectivity index is 2.87. The number of rotatable bonds is 8. The van der Waals surface area contributed by atoms with Gasteiger partial charge in [-0.25, -0.2) is 15.2 Å². The largest absolute Gasteiger partial charge is 0.383 e. The van der Waals surface area contributed by atoms with Gasteiger partial charge in [-0.3, -0.25) is 5.43 Å². The number of aromatic nitrogens is 2. The summed E-state index contributed by atoms with van der Waals surface area (Å²) in [7, 11) is 3.16. The molecule has 7 nitrogen and oxygen atoms in total. The highest BCUT2D eigenvalue weighted by Crippen LogP contribution is 2.16. The molecule has 0 amide bonds. The topological polar surface area (TPSA) is 85.5 Å². The van der Waals surface area contributed by atoms with E-state index in [9.17, 15) is 4.39 Å². The van der Waals surface area contributed by atoms with Crippen LogP contribution in [-0.4, -0.2) is 50.5 Å². The summed E-state index contributed by atoms with van der Waals surface area (Å²) in [5, 5.41) is 0. The van der Waals surface area contributed by atoms with Crippen LogP contribution in [0, 0.1) is 5.82 Å². The van der Waals surface area contributed by atoms with E-state index in [1.807, 2.05) is 0 Å². The molecular weight excluding hydrogens is 241 g/mol. The summed E-state index contributed by atoms with van der Waals surface area (Å²) in [5.41, 5.74) is 2.28. The Kier molecular flexibility index (Phi) is 6.26. The quantitative estimate of drug-likeness (QED) is 0.502. The smallest absolute Gasteiger partial charge is 0.239 e. The SMILES string of the molecule is COCCN(CCOC)c1nc(NN)ncc1F. The lowest BCUT2D eigenvalue weighted by atomic mass is 10.4. The first-order valence-corrected chi connectivity index (χ1v) is 5.45. The van der Waals surface area contributed by atoms with Crippen LogP contribution >= 0.6 is 0 Å². The van der Waals surface area contributed by atoms with E-state index in [0.29, 0.717) is 26.3 Å². The van der Waals surface area contributed by atoms with Crippen molar-refractivity contribution in [3.63, 3.8) is 0 Å². The highest BCUT2D eigenvalue weighted by Gasteiger charge is 2.14. The van der Waals surface area contributed by atoms with Gasteiger partial charge in [-0.15, -0.1) is 0 Å². The van der Waals surface area contributed by atoms with Gasteiger partial charge in [-0.05, 0) is 0 Å². The molecule has 102 valence electrons. The first-order valence-electron chi connectivity index (χ1n) is 5.45. The van der Waals surface area contributed by atoms with Crippen LogP contribution < -0.4 is 16.2 Å². The number of hydrogen-bond donors (Lipinski definition) is 2. The Hall–Kier alpha value is -1.51. The summed E-state index contributed by atoms with van der Waals surface area (Å²) < 4.78 is 23.7. The van der Waals surface area contributed by atoms with Gasteiger partial charge in [0, 0.05) is 27.3 Å². The molecule has 0 bridgehead atoms. The van der Waals surface area contributed by atoms with Crippen molar-refractivity contribution in [2.45, 2.75) is 0 Å². The minimum atomic E-state index is -0.513. The molecule has 0 spiro atoms. The van der Waals surface area contributed by atoms with Gasteiger partial charge in [0.15, 0.2) is 11.6 Å². The number of hydrogen-bond acceptors (Lipinski definition) is 7. The second kappa shape index (κ2) is 7.75. The first-order chi connectivity index (χ1) is 8.72. The minimum absolute atomic E-state index is 0.159. The molecule has 1 rings (SSSR count). The van der Waals surface area contributed by atoms with Gasteiger partial charge in [-0.2, -0.15) is 4.98 Å². The van der Waals surface area contributed by atoms with Crippen LogP contribution in [0.2, 0.25) is 0 Å². The fraction of sp³-hybridized carbons (Fsp3) is 0.600. The van der Waals surface area contributed by atoms with Gasteiger partial charge in [0.2, 0.25) is 5.95 Å². The van der Waals surface area contributed by atoms with Crippen molar-refractivity contribution >= 4 is 11.8 Å². The number of methoxy groups -OCH3 is 2. The second-order valence-electron chi connectivity index (χ2n) is 3.48. The van der Waals surface area contributed by atoms with Crippen LogP contribution in [0.5, 0.6) is 0 Å². The molecule has 18 heavy (non-hydrogen) atoms. The Morgan fingerprint density at radius 1 is 1.33 bits per heavy atom. The molecule has 8 heteroatoms. The first kappa shape index (κ1) is 14.6. The Morgan fingerprint density at radius 2 is 1.94 bits per heavy atom. The maximum Gasteiger partial charge on any atom is 0.239 e. The van der Waals surface area contributed by atoms with Gasteiger partial charge in [0.25, 0.3) is 0 Å². The van der Waals surface area contributed by atoms with E-state index < -0.39 is 5.82 Å². The molecule has 0 unspecified atom stereocenters. The molecule has 0 saturated heterocycles. The summed E-state index contributed by atoms with van der Waals surface area (Å²) in [5.74, 6) is 5.02. The minimum Gasteiger partial charge on any atom is -0.383 e. The molecule has 1 aromatic rings. The summed E-state index contributed by atoms with van der Waals surface area (Å²) in [6, 6.07) is 0. The van der Waals surface area contributed by atoms with Crippen LogP contribution in [0.3, 0.4) is 0 Å². The fourth-order valence-electron chi connectivity index (χ4n) is 1.38. The number of nitrogens with zero attached hydrogens (tertiary/aromatic N) is 3. The lowest BCUT2D eigenvalue weighted by molar-refractivity contribution is 0.189. The van der Waals surface area contributed by atoms with Crippen LogP contribution in [0.4, 0.5) is 16.2 Å². The standard InChI is InChI=1S/C10H18FN5O2/c1-17-5-3-16(4-6-18-2)9-8(11)7-13-10(14-9)15-12/h7H,3-6,12H2,1-2H3,(H,13,14,15). The van der Waals surface area contributed by atoms with Crippen molar-refractivity contribution in [2.75, 3.05) is 50.8 Å². The summed E-state index contributed by atoms with van der Waals surface area (Å²) in [6.07, 6.45) is 1.07. The van der Waals surface area contributed by atoms with Crippen LogP contribution in [0.25, 0.3) is 0 Å². The molecular formula is C10H18FN5O2. The third kappa shape index (κ3) is 4.06. The third-order valence-electron chi connectivity index (χ3n) is 2.28. The normalized spacial score (nSPS) is 10.4. The number of hydrazine groups is 1. The Labute approximate surface area is 105 Å². The van der Waals surface area contributed by atoms with Crippen molar-refractivity contribution in [1.29, 1.82) is 0 Å². The number of nitrogen functional groups attached to an aromatic ring is 1. The Bertz CT molecular complexity index is 358. The van der Waals surface area contributed by atoms with Crippen molar-refractivity contribution < 1.29 is 13.9 Å². The second-order valence-corrected chi connectivity index (χ2v) is 3.48. The summed E-state index contributed by atoms with van der Waals surface area (Å²) in [6.45, 7) is 1.91. The van der Waals surface area contributed by atoms with Crippen molar-refractivity contribution in [3.05, 3.63) is 12.0 Å². The maximum atomic E-state index is 13.7. The van der Waals surface area contributed by atoms with E-state index in [1.165, 1.54) is 0 Å². The van der Waals surface area contributed by atoms with Gasteiger partial charge in [0.1, 0.15) is 0 Å². The van der Waals surface area contributed by atoms with E-state index in [0.717, 1.165) is 6.20 Å². The number of nitrogens with two attached hydrogens (primary N) is 1. The van der Waals surface area contributed by atoms with Gasteiger partial charge in [0.05, 0.1) is 19.4 Å². The number of ether oxygens (including phenoxy) is 2. The molecule has 1 aromatic heterocycles. The van der Waals surface area contributed by atoms with Crippen molar-refractivity contribution in [3.8, 4) is 0 Å². The fourth-order valence-corrected chi connectivity index (χ4v) is 1.38. The summed E-state index contributed by atoms with van der Waals surface area (Å²) in [4.78, 5) is 9.39. The van der Waals surface area contributed by atoms with Gasteiger partial charge >= 0.3 is 0 Å². The van der Waals surface area contributed by atoms with E-state index >= 15 is 0 Å². The van der Waals surface area contributed by atoms with Crippen LogP contribution in [-0.2, 0) is 9.47 Å². The molecule has 1 heterocycles. The molecule has 0 aliphatic carbocycles. The van der Waals surface area contributed by atoms with E-state index in [4.69, 9.17) is 15.3 Å². The van der Waals surface area contributed by atoms with Crippen molar-refractivity contribution in [2.24, 2.45) is 5.84 Å². The van der Waals surface area contributed by atoms with Gasteiger partial charge < -0.3 is 14.4 Å². The number of anilines is 2. The Morgan fingerprint density at radius 3 is 2.44 bits per heavy atom. The van der Waals surface area contributed by atoms with Crippen LogP contribution in [0.15, 0.2) is 6.20 Å². The molecule has 0 atom stereocenters. The van der Waals surface area contributed by atoms with Crippen LogP contribution in [0.1, 0.15) is 0 Å². The van der Waals surface area contributed by atoms with E-state index in [2.05, 4.69) is 15.4 Å². The predicted octanol–water partition coefficient (Wildman–Crippen LogP) is 0.000500. The molecule has 0 radical (unpaired) electrons. The van der Waals surface area contributed by atoms with Crippen molar-refractivity contribution in [1.82, 2.24) is 9.97 Å². The highest BCUT2D eigenvalue weighted by molar-refractivity contribution is 5.43. The predicted molar refractivity (Wildman–Crippen MR) is 65.8 cm³/mol. The zero-order chi connectivity index (χ0) is 13.4. The molecule has 3 N–H and O–H groups in total. The summed E-state index contributed by atoms with van der Waals surface area (Å²) >= 11 is 0. The average molecular weight is 259 g/mol. The van der Waals surface area contributed by atoms with E-state index in [-0.39, 0.29) is 11.8 Å². The molecule has 0 aromatic carbocycles. The van der Waals surface area contributed by atoms with Gasteiger partial charge in [-0.1, -0.05) is 0 Å². The number of halogens is 1. The molecule has 0 aliphatic rings. The lowest BCUT2D eigenvalue weighted by Crippen LogP contribution is -2.32. The zero-order valence-electron chi connectivity index (χ0n) is 10.5. The molecule has 0 fully saturated rings. The number of nitrogens with one attached hydrogen (secondary N) is 1. The third-order valence-corrected chi connectivity index (χ3v) is 2.28. The maximum absolute atomic E-state index is 13.7. The average Bonchev–Trinajstić information content (AvgIpc) is 2.40. The van der Waals surface area contributed by atoms with E-state index in [1.54, 1.807) is 19.1 Å². The zero-order valence-corrected chi connectivity index (χ0v) is 10.5. The monoisotopic (exact) mass is 259 g/mol.